The number of anilines is 1. The second-order valence-corrected chi connectivity index (χ2v) is 7.17. The molecule has 26 heavy (non-hydrogen) atoms. The van der Waals surface area contributed by atoms with Crippen LogP contribution >= 0.6 is 23.4 Å². The first kappa shape index (κ1) is 18.3. The number of carbonyl (C=O) groups excluding carboxylic acids is 1. The average molecular weight is 388 g/mol. The third kappa shape index (κ3) is 4.00. The fourth-order valence-electron chi connectivity index (χ4n) is 2.47. The third-order valence-electron chi connectivity index (χ3n) is 3.85. The van der Waals surface area contributed by atoms with E-state index in [1.807, 2.05) is 38.1 Å². The van der Waals surface area contributed by atoms with Crippen molar-refractivity contribution in [2.75, 3.05) is 16.9 Å². The maximum atomic E-state index is 12.2. The van der Waals surface area contributed by atoms with Gasteiger partial charge in [-0.2, -0.15) is 0 Å². The fraction of sp³-hybridized carbons (Fsp3) is 0.167. The molecule has 0 radical (unpaired) electrons. The van der Waals surface area contributed by atoms with E-state index in [0.717, 1.165) is 22.4 Å². The van der Waals surface area contributed by atoms with Gasteiger partial charge in [-0.25, -0.2) is 4.68 Å². The summed E-state index contributed by atoms with van der Waals surface area (Å²) in [5.74, 6) is 6.70. The number of aromatic nitrogens is 3. The number of nitrogens with zero attached hydrogens (tertiary/aromatic N) is 3. The third-order valence-corrected chi connectivity index (χ3v) is 5.02. The second-order valence-electron chi connectivity index (χ2n) is 5.79. The summed E-state index contributed by atoms with van der Waals surface area (Å²) in [5, 5.41) is 12.2. The van der Waals surface area contributed by atoms with Crippen molar-refractivity contribution in [2.24, 2.45) is 0 Å². The van der Waals surface area contributed by atoms with Crippen LogP contribution in [0.25, 0.3) is 11.4 Å². The molecule has 0 spiro atoms. The van der Waals surface area contributed by atoms with Crippen molar-refractivity contribution in [2.45, 2.75) is 19.0 Å². The van der Waals surface area contributed by atoms with E-state index >= 15 is 0 Å². The molecule has 1 amide bonds. The van der Waals surface area contributed by atoms with Crippen molar-refractivity contribution < 1.29 is 4.79 Å². The summed E-state index contributed by atoms with van der Waals surface area (Å²) in [6.45, 7) is 3.87. The maximum Gasteiger partial charge on any atom is 0.234 e. The Morgan fingerprint density at radius 3 is 2.69 bits per heavy atom. The quantitative estimate of drug-likeness (QED) is 0.515. The Bertz CT molecular complexity index is 957. The van der Waals surface area contributed by atoms with Gasteiger partial charge in [-0.15, -0.1) is 10.2 Å². The van der Waals surface area contributed by atoms with Gasteiger partial charge in [-0.1, -0.05) is 47.6 Å². The number of nitrogen functional groups attached to an aromatic ring is 1. The van der Waals surface area contributed by atoms with E-state index in [-0.39, 0.29) is 11.7 Å². The number of nitrogens with two attached hydrogens (primary N) is 1. The highest BCUT2D eigenvalue weighted by atomic mass is 35.5. The van der Waals surface area contributed by atoms with Crippen LogP contribution < -0.4 is 11.2 Å². The molecule has 0 unspecified atom stereocenters. The minimum Gasteiger partial charge on any atom is -0.335 e. The van der Waals surface area contributed by atoms with Crippen LogP contribution in [0.15, 0.2) is 47.6 Å². The standard InChI is InChI=1S/C18H18ClN5OS/c1-11-5-3-4-6-14(11)17-22-23-18(24(17)20)26-10-16(25)21-15-8-7-13(19)9-12(15)2/h3-9H,10,20H2,1-2H3,(H,21,25). The van der Waals surface area contributed by atoms with Crippen LogP contribution in [0.4, 0.5) is 5.69 Å². The van der Waals surface area contributed by atoms with E-state index < -0.39 is 0 Å². The summed E-state index contributed by atoms with van der Waals surface area (Å²) in [7, 11) is 0. The first-order chi connectivity index (χ1) is 12.5. The Morgan fingerprint density at radius 2 is 1.96 bits per heavy atom. The summed E-state index contributed by atoms with van der Waals surface area (Å²) >= 11 is 7.16. The van der Waals surface area contributed by atoms with Gasteiger partial charge in [-0.05, 0) is 43.2 Å². The predicted molar refractivity (Wildman–Crippen MR) is 106 cm³/mol. The molecule has 3 N–H and O–H groups in total. The minimum absolute atomic E-state index is 0.152. The second kappa shape index (κ2) is 7.80. The van der Waals surface area contributed by atoms with Gasteiger partial charge in [0.2, 0.25) is 11.1 Å². The fourth-order valence-corrected chi connectivity index (χ4v) is 3.35. The van der Waals surface area contributed by atoms with E-state index in [0.29, 0.717) is 16.0 Å². The van der Waals surface area contributed by atoms with Crippen LogP contribution in [0.5, 0.6) is 0 Å². The topological polar surface area (TPSA) is 85.8 Å². The number of nitrogens with one attached hydrogen (secondary N) is 1. The van der Waals surface area contributed by atoms with Gasteiger partial charge < -0.3 is 11.2 Å². The van der Waals surface area contributed by atoms with Crippen LogP contribution in [0.1, 0.15) is 11.1 Å². The lowest BCUT2D eigenvalue weighted by atomic mass is 10.1. The Morgan fingerprint density at radius 1 is 1.19 bits per heavy atom. The Kier molecular flexibility index (Phi) is 5.49. The molecule has 6 nitrogen and oxygen atoms in total. The van der Waals surface area contributed by atoms with Crippen LogP contribution in [0.2, 0.25) is 5.02 Å². The molecule has 1 aromatic heterocycles. The molecule has 1 heterocycles. The van der Waals surface area contributed by atoms with Crippen molar-refractivity contribution in [3.05, 3.63) is 58.6 Å². The Hall–Kier alpha value is -2.51. The van der Waals surface area contributed by atoms with Gasteiger partial charge in [-0.3, -0.25) is 4.79 Å². The molecular weight excluding hydrogens is 370 g/mol. The first-order valence-corrected chi connectivity index (χ1v) is 9.27. The van der Waals surface area contributed by atoms with E-state index in [4.69, 9.17) is 17.4 Å². The highest BCUT2D eigenvalue weighted by Gasteiger charge is 2.15. The number of thioether (sulfide) groups is 1. The number of hydrogen-bond donors (Lipinski definition) is 2. The minimum atomic E-state index is -0.152. The van der Waals surface area contributed by atoms with E-state index in [1.165, 1.54) is 16.4 Å². The largest absolute Gasteiger partial charge is 0.335 e. The highest BCUT2D eigenvalue weighted by Crippen LogP contribution is 2.24. The number of carbonyl (C=O) groups is 1. The molecule has 0 aliphatic heterocycles. The first-order valence-electron chi connectivity index (χ1n) is 7.91. The zero-order valence-corrected chi connectivity index (χ0v) is 15.9. The van der Waals surface area contributed by atoms with Crippen molar-refractivity contribution in [3.63, 3.8) is 0 Å². The monoisotopic (exact) mass is 387 g/mol. The number of hydrogen-bond acceptors (Lipinski definition) is 5. The molecule has 0 aliphatic carbocycles. The predicted octanol–water partition coefficient (Wildman–Crippen LogP) is 3.66. The van der Waals surface area contributed by atoms with Gasteiger partial charge in [0.25, 0.3) is 0 Å². The lowest BCUT2D eigenvalue weighted by molar-refractivity contribution is -0.113. The maximum absolute atomic E-state index is 12.2. The lowest BCUT2D eigenvalue weighted by Crippen LogP contribution is -2.17. The molecule has 3 aromatic rings. The van der Waals surface area contributed by atoms with Crippen LogP contribution in [0.3, 0.4) is 0 Å². The Balaban J connectivity index is 1.67. The molecule has 8 heteroatoms. The van der Waals surface area contributed by atoms with Crippen LogP contribution in [-0.4, -0.2) is 26.5 Å². The molecule has 134 valence electrons. The van der Waals surface area contributed by atoms with E-state index in [1.54, 1.807) is 18.2 Å². The number of halogens is 1. The van der Waals surface area contributed by atoms with Crippen LogP contribution in [0, 0.1) is 13.8 Å². The smallest absolute Gasteiger partial charge is 0.234 e. The molecule has 0 bridgehead atoms. The number of rotatable bonds is 5. The molecule has 0 fully saturated rings. The number of amides is 1. The summed E-state index contributed by atoms with van der Waals surface area (Å²) in [6, 6.07) is 13.1. The average Bonchev–Trinajstić information content (AvgIpc) is 2.97. The number of aryl methyl sites for hydroxylation is 2. The Labute approximate surface area is 160 Å². The van der Waals surface area contributed by atoms with Crippen molar-refractivity contribution in [1.29, 1.82) is 0 Å². The molecular formula is C18H18ClN5OS. The van der Waals surface area contributed by atoms with Crippen molar-refractivity contribution >= 4 is 35.0 Å². The van der Waals surface area contributed by atoms with Gasteiger partial charge in [0.05, 0.1) is 5.75 Å². The molecule has 0 saturated heterocycles. The highest BCUT2D eigenvalue weighted by molar-refractivity contribution is 7.99. The summed E-state index contributed by atoms with van der Waals surface area (Å²) in [5.41, 5.74) is 3.60. The zero-order chi connectivity index (χ0) is 18.7. The molecule has 2 aromatic carbocycles. The summed E-state index contributed by atoms with van der Waals surface area (Å²) in [6.07, 6.45) is 0. The van der Waals surface area contributed by atoms with Crippen LogP contribution in [-0.2, 0) is 4.79 Å². The molecule has 0 atom stereocenters. The van der Waals surface area contributed by atoms with Gasteiger partial charge in [0.1, 0.15) is 0 Å². The van der Waals surface area contributed by atoms with Gasteiger partial charge in [0.15, 0.2) is 5.82 Å². The van der Waals surface area contributed by atoms with Gasteiger partial charge in [0, 0.05) is 16.3 Å². The van der Waals surface area contributed by atoms with Crippen molar-refractivity contribution in [3.8, 4) is 11.4 Å². The van der Waals surface area contributed by atoms with E-state index in [9.17, 15) is 4.79 Å². The summed E-state index contributed by atoms with van der Waals surface area (Å²) < 4.78 is 1.41. The SMILES string of the molecule is Cc1cc(Cl)ccc1NC(=O)CSc1nnc(-c2ccccc2C)n1N. The van der Waals surface area contributed by atoms with Crippen molar-refractivity contribution in [1.82, 2.24) is 14.9 Å². The zero-order valence-electron chi connectivity index (χ0n) is 14.4. The summed E-state index contributed by atoms with van der Waals surface area (Å²) in [4.78, 5) is 12.2. The van der Waals surface area contributed by atoms with E-state index in [2.05, 4.69) is 15.5 Å². The molecule has 0 saturated carbocycles. The van der Waals surface area contributed by atoms with Gasteiger partial charge >= 0.3 is 0 Å². The number of benzene rings is 2. The molecule has 3 rings (SSSR count). The molecule has 0 aliphatic rings. The lowest BCUT2D eigenvalue weighted by Gasteiger charge is -2.09. The normalized spacial score (nSPS) is 10.7.